The number of rotatable bonds is 7. The summed E-state index contributed by atoms with van der Waals surface area (Å²) < 4.78 is 5.64. The van der Waals surface area contributed by atoms with Gasteiger partial charge in [-0.3, -0.25) is 9.59 Å². The first-order valence-electron chi connectivity index (χ1n) is 10.3. The summed E-state index contributed by atoms with van der Waals surface area (Å²) in [4.78, 5) is 29.1. The third kappa shape index (κ3) is 6.07. The summed E-state index contributed by atoms with van der Waals surface area (Å²) in [6.45, 7) is 4.26. The Morgan fingerprint density at radius 3 is 2.69 bits per heavy atom. The molecule has 2 heterocycles. The maximum absolute atomic E-state index is 12.6. The fourth-order valence-corrected chi connectivity index (χ4v) is 4.46. The minimum atomic E-state index is -0.241. The van der Waals surface area contributed by atoms with E-state index < -0.39 is 0 Å². The number of methoxy groups -OCH3 is 1. The molecule has 1 N–H and O–H groups in total. The van der Waals surface area contributed by atoms with Gasteiger partial charge < -0.3 is 19.9 Å². The number of benzene rings is 1. The molecule has 0 aromatic heterocycles. The van der Waals surface area contributed by atoms with E-state index in [1.807, 2.05) is 4.90 Å². The molecule has 1 aromatic carbocycles. The maximum Gasteiger partial charge on any atom is 0.253 e. The molecular formula is C21H29Cl2N3O3. The second-order valence-electron chi connectivity index (χ2n) is 7.76. The molecular weight excluding hydrogens is 413 g/mol. The van der Waals surface area contributed by atoms with Crippen molar-refractivity contribution in [2.75, 3.05) is 39.8 Å². The predicted octanol–water partition coefficient (Wildman–Crippen LogP) is 3.22. The number of ether oxygens (including phenoxy) is 1. The fraction of sp³-hybridized carbons (Fsp3) is 0.619. The standard InChI is InChI=1S/C21H29Cl2N3O3/c1-29-19-14-25(9-4-5-20(27)26-10-2-3-11-26)12-8-18(19)24-21(28)16-13-15(22)6-7-17(16)23/h6-7,13,18-19H,2-5,8-12,14H2,1H3,(H,24,28). The normalized spacial score (nSPS) is 22.7. The zero-order valence-corrected chi connectivity index (χ0v) is 18.3. The summed E-state index contributed by atoms with van der Waals surface area (Å²) in [6, 6.07) is 4.77. The molecule has 29 heavy (non-hydrogen) atoms. The molecule has 2 unspecified atom stereocenters. The van der Waals surface area contributed by atoms with Crippen molar-refractivity contribution in [3.63, 3.8) is 0 Å². The van der Waals surface area contributed by atoms with Gasteiger partial charge in [0, 0.05) is 44.7 Å². The Labute approximate surface area is 182 Å². The van der Waals surface area contributed by atoms with Gasteiger partial charge in [-0.25, -0.2) is 0 Å². The van der Waals surface area contributed by atoms with E-state index in [9.17, 15) is 9.59 Å². The van der Waals surface area contributed by atoms with E-state index in [4.69, 9.17) is 27.9 Å². The van der Waals surface area contributed by atoms with Crippen LogP contribution in [0.5, 0.6) is 0 Å². The van der Waals surface area contributed by atoms with E-state index in [0.717, 1.165) is 58.4 Å². The van der Waals surface area contributed by atoms with Crippen molar-refractivity contribution in [2.45, 2.75) is 44.2 Å². The summed E-state index contributed by atoms with van der Waals surface area (Å²) in [7, 11) is 1.66. The molecule has 2 atom stereocenters. The first kappa shape index (κ1) is 22.3. The van der Waals surface area contributed by atoms with Crippen LogP contribution < -0.4 is 5.32 Å². The number of hydrogen-bond donors (Lipinski definition) is 1. The number of carbonyl (C=O) groups is 2. The van der Waals surface area contributed by atoms with E-state index in [0.29, 0.717) is 22.0 Å². The minimum Gasteiger partial charge on any atom is -0.378 e. The summed E-state index contributed by atoms with van der Waals surface area (Å²) in [5.74, 6) is 0.0283. The lowest BCUT2D eigenvalue weighted by Gasteiger charge is -2.38. The molecule has 8 heteroatoms. The highest BCUT2D eigenvalue weighted by Gasteiger charge is 2.31. The largest absolute Gasteiger partial charge is 0.378 e. The van der Waals surface area contributed by atoms with Gasteiger partial charge in [0.2, 0.25) is 5.91 Å². The molecule has 2 fully saturated rings. The smallest absolute Gasteiger partial charge is 0.253 e. The molecule has 1 aromatic rings. The van der Waals surface area contributed by atoms with Crippen molar-refractivity contribution in [1.29, 1.82) is 0 Å². The quantitative estimate of drug-likeness (QED) is 0.705. The van der Waals surface area contributed by atoms with Crippen LogP contribution in [0.1, 0.15) is 42.5 Å². The van der Waals surface area contributed by atoms with Crippen LogP contribution in [0.3, 0.4) is 0 Å². The number of piperidine rings is 1. The molecule has 0 saturated carbocycles. The number of amides is 2. The SMILES string of the molecule is COC1CN(CCCC(=O)N2CCCC2)CCC1NC(=O)c1cc(Cl)ccc1Cl. The van der Waals surface area contributed by atoms with E-state index >= 15 is 0 Å². The Bertz CT molecular complexity index is 725. The van der Waals surface area contributed by atoms with Crippen molar-refractivity contribution in [2.24, 2.45) is 0 Å². The van der Waals surface area contributed by atoms with E-state index in [1.54, 1.807) is 25.3 Å². The summed E-state index contributed by atoms with van der Waals surface area (Å²) in [5.41, 5.74) is 0.372. The van der Waals surface area contributed by atoms with Gasteiger partial charge in [-0.05, 0) is 50.4 Å². The highest BCUT2D eigenvalue weighted by atomic mass is 35.5. The monoisotopic (exact) mass is 441 g/mol. The molecule has 2 amide bonds. The third-order valence-electron chi connectivity index (χ3n) is 5.76. The van der Waals surface area contributed by atoms with Crippen LogP contribution in [0.2, 0.25) is 10.0 Å². The van der Waals surface area contributed by atoms with Crippen LogP contribution >= 0.6 is 23.2 Å². The Hall–Kier alpha value is -1.34. The molecule has 0 aliphatic carbocycles. The lowest BCUT2D eigenvalue weighted by Crippen LogP contribution is -2.55. The lowest BCUT2D eigenvalue weighted by atomic mass is 10.0. The molecule has 0 bridgehead atoms. The molecule has 2 aliphatic heterocycles. The Morgan fingerprint density at radius 2 is 1.97 bits per heavy atom. The lowest BCUT2D eigenvalue weighted by molar-refractivity contribution is -0.130. The number of nitrogens with zero attached hydrogens (tertiary/aromatic N) is 2. The first-order valence-corrected chi connectivity index (χ1v) is 11.0. The highest BCUT2D eigenvalue weighted by Crippen LogP contribution is 2.22. The molecule has 3 rings (SSSR count). The summed E-state index contributed by atoms with van der Waals surface area (Å²) >= 11 is 12.1. The Balaban J connectivity index is 1.47. The van der Waals surface area contributed by atoms with Crippen LogP contribution in [0, 0.1) is 0 Å². The predicted molar refractivity (Wildman–Crippen MR) is 115 cm³/mol. The van der Waals surface area contributed by atoms with Crippen LogP contribution in [0.25, 0.3) is 0 Å². The van der Waals surface area contributed by atoms with Gasteiger partial charge in [-0.15, -0.1) is 0 Å². The van der Waals surface area contributed by atoms with Gasteiger partial charge in [0.1, 0.15) is 0 Å². The molecule has 160 valence electrons. The average molecular weight is 442 g/mol. The number of halogens is 2. The van der Waals surface area contributed by atoms with E-state index in [-0.39, 0.29) is 24.0 Å². The number of carbonyl (C=O) groups excluding carboxylic acids is 2. The molecule has 0 spiro atoms. The summed E-state index contributed by atoms with van der Waals surface area (Å²) in [5, 5.41) is 3.89. The molecule has 2 aliphatic rings. The van der Waals surface area contributed by atoms with Gasteiger partial charge >= 0.3 is 0 Å². The van der Waals surface area contributed by atoms with Crippen LogP contribution in [-0.4, -0.2) is 73.6 Å². The van der Waals surface area contributed by atoms with Gasteiger partial charge in [-0.1, -0.05) is 23.2 Å². The van der Waals surface area contributed by atoms with Crippen LogP contribution in [0.4, 0.5) is 0 Å². The van der Waals surface area contributed by atoms with Gasteiger partial charge in [0.25, 0.3) is 5.91 Å². The Kier molecular flexibility index (Phi) is 8.18. The second-order valence-corrected chi connectivity index (χ2v) is 8.60. The van der Waals surface area contributed by atoms with Crippen LogP contribution in [-0.2, 0) is 9.53 Å². The minimum absolute atomic E-state index is 0.0926. The first-order chi connectivity index (χ1) is 14.0. The van der Waals surface area contributed by atoms with Crippen molar-refractivity contribution < 1.29 is 14.3 Å². The molecule has 0 radical (unpaired) electrons. The van der Waals surface area contributed by atoms with E-state index in [1.165, 1.54) is 0 Å². The topological polar surface area (TPSA) is 61.9 Å². The molecule has 2 saturated heterocycles. The van der Waals surface area contributed by atoms with E-state index in [2.05, 4.69) is 10.2 Å². The average Bonchev–Trinajstić information content (AvgIpc) is 3.25. The number of hydrogen-bond acceptors (Lipinski definition) is 4. The van der Waals surface area contributed by atoms with Crippen molar-refractivity contribution >= 4 is 35.0 Å². The maximum atomic E-state index is 12.6. The Morgan fingerprint density at radius 1 is 1.21 bits per heavy atom. The second kappa shape index (κ2) is 10.6. The summed E-state index contributed by atoms with van der Waals surface area (Å²) in [6.07, 6.45) is 4.37. The van der Waals surface area contributed by atoms with Gasteiger partial charge in [0.15, 0.2) is 0 Å². The number of likely N-dealkylation sites (tertiary alicyclic amines) is 2. The van der Waals surface area contributed by atoms with Crippen molar-refractivity contribution in [3.8, 4) is 0 Å². The van der Waals surface area contributed by atoms with Gasteiger partial charge in [0.05, 0.1) is 22.7 Å². The zero-order chi connectivity index (χ0) is 20.8. The fourth-order valence-electron chi connectivity index (χ4n) is 4.08. The van der Waals surface area contributed by atoms with Crippen LogP contribution in [0.15, 0.2) is 18.2 Å². The third-order valence-corrected chi connectivity index (χ3v) is 6.32. The highest BCUT2D eigenvalue weighted by molar-refractivity contribution is 6.35. The van der Waals surface area contributed by atoms with Crippen molar-refractivity contribution in [3.05, 3.63) is 33.8 Å². The zero-order valence-electron chi connectivity index (χ0n) is 16.8. The number of nitrogens with one attached hydrogen (secondary N) is 1. The molecule has 6 nitrogen and oxygen atoms in total. The van der Waals surface area contributed by atoms with Gasteiger partial charge in [-0.2, -0.15) is 0 Å². The van der Waals surface area contributed by atoms with Crippen molar-refractivity contribution in [1.82, 2.24) is 15.1 Å².